The molecule has 0 bridgehead atoms. The Balaban J connectivity index is 1.68. The summed E-state index contributed by atoms with van der Waals surface area (Å²) < 4.78 is 3.12. The summed E-state index contributed by atoms with van der Waals surface area (Å²) in [5.74, 6) is -0.222. The smallest absolute Gasteiger partial charge is 0.276 e. The maximum atomic E-state index is 12.5. The molecule has 6 nitrogen and oxygen atoms in total. The van der Waals surface area contributed by atoms with Crippen LogP contribution in [-0.4, -0.2) is 20.1 Å². The monoisotopic (exact) mass is 366 g/mol. The molecule has 0 unspecified atom stereocenters. The summed E-state index contributed by atoms with van der Waals surface area (Å²) in [4.78, 5) is 24.9. The molecular weight excluding hydrogens is 352 g/mol. The van der Waals surface area contributed by atoms with Crippen LogP contribution in [0, 0.1) is 0 Å². The van der Waals surface area contributed by atoms with E-state index in [0.717, 1.165) is 11.1 Å². The van der Waals surface area contributed by atoms with Gasteiger partial charge in [-0.15, -0.1) is 0 Å². The van der Waals surface area contributed by atoms with E-state index in [4.69, 9.17) is 11.6 Å². The molecule has 1 amide bonds. The van der Waals surface area contributed by atoms with Crippen LogP contribution in [-0.2, 0) is 13.6 Å². The van der Waals surface area contributed by atoms with Crippen LogP contribution in [0.3, 0.4) is 0 Å². The Morgan fingerprint density at radius 3 is 2.77 bits per heavy atom. The summed E-state index contributed by atoms with van der Waals surface area (Å²) in [5, 5.41) is 7.69. The molecular formula is C19H15ClN4O2. The standard InChI is InChI=1S/C19H15ClN4O2/c1-23-17-10-13(18(25)21-11-12-3-2-4-14(20)9-12)5-6-15(17)24-16(19(23)26)7-8-22-24/h2-10H,11H2,1H3,(H,21,25). The number of carbonyl (C=O) groups is 1. The molecule has 2 heterocycles. The highest BCUT2D eigenvalue weighted by molar-refractivity contribution is 6.30. The van der Waals surface area contributed by atoms with E-state index in [0.29, 0.717) is 28.2 Å². The summed E-state index contributed by atoms with van der Waals surface area (Å²) in [6, 6.07) is 14.2. The number of nitrogens with one attached hydrogen (secondary N) is 1. The quantitative estimate of drug-likeness (QED) is 0.606. The van der Waals surface area contributed by atoms with Crippen LogP contribution < -0.4 is 10.9 Å². The molecule has 2 aromatic heterocycles. The highest BCUT2D eigenvalue weighted by Gasteiger charge is 2.12. The Hall–Kier alpha value is -3.12. The van der Waals surface area contributed by atoms with E-state index in [1.54, 1.807) is 54.2 Å². The van der Waals surface area contributed by atoms with Crippen molar-refractivity contribution in [3.05, 3.63) is 81.2 Å². The van der Waals surface area contributed by atoms with Crippen molar-refractivity contribution in [1.29, 1.82) is 0 Å². The third kappa shape index (κ3) is 2.74. The van der Waals surface area contributed by atoms with Gasteiger partial charge in [0.05, 0.1) is 17.2 Å². The number of hydrogen-bond donors (Lipinski definition) is 1. The number of fused-ring (bicyclic) bond motifs is 3. The summed E-state index contributed by atoms with van der Waals surface area (Å²) in [6.07, 6.45) is 1.59. The van der Waals surface area contributed by atoms with E-state index in [-0.39, 0.29) is 11.5 Å². The molecule has 0 saturated carbocycles. The lowest BCUT2D eigenvalue weighted by atomic mass is 10.1. The first kappa shape index (κ1) is 16.4. The third-order valence-corrected chi connectivity index (χ3v) is 4.57. The third-order valence-electron chi connectivity index (χ3n) is 4.34. The predicted molar refractivity (Wildman–Crippen MR) is 101 cm³/mol. The summed E-state index contributed by atoms with van der Waals surface area (Å²) in [5.41, 5.74) is 3.13. The van der Waals surface area contributed by atoms with Gasteiger partial charge in [-0.05, 0) is 42.0 Å². The van der Waals surface area contributed by atoms with Crippen molar-refractivity contribution in [2.24, 2.45) is 7.05 Å². The van der Waals surface area contributed by atoms with Crippen molar-refractivity contribution < 1.29 is 4.79 Å². The van der Waals surface area contributed by atoms with E-state index in [1.807, 2.05) is 12.1 Å². The molecule has 0 spiro atoms. The molecule has 0 aliphatic carbocycles. The first-order chi connectivity index (χ1) is 12.5. The van der Waals surface area contributed by atoms with Crippen LogP contribution in [0.15, 0.2) is 59.5 Å². The molecule has 1 N–H and O–H groups in total. The van der Waals surface area contributed by atoms with Crippen LogP contribution in [0.25, 0.3) is 16.6 Å². The first-order valence-corrected chi connectivity index (χ1v) is 8.41. The molecule has 0 aliphatic rings. The topological polar surface area (TPSA) is 68.4 Å². The number of nitrogens with zero attached hydrogens (tertiary/aromatic N) is 3. The van der Waals surface area contributed by atoms with Crippen molar-refractivity contribution in [3.8, 4) is 0 Å². The average molecular weight is 367 g/mol. The lowest BCUT2D eigenvalue weighted by molar-refractivity contribution is 0.0951. The van der Waals surface area contributed by atoms with Crippen LogP contribution in [0.1, 0.15) is 15.9 Å². The second-order valence-electron chi connectivity index (χ2n) is 6.01. The Kier molecular flexibility index (Phi) is 3.97. The van der Waals surface area contributed by atoms with Gasteiger partial charge in [0, 0.05) is 24.2 Å². The molecule has 0 fully saturated rings. The molecule has 0 atom stereocenters. The van der Waals surface area contributed by atoms with E-state index in [1.165, 1.54) is 4.57 Å². The van der Waals surface area contributed by atoms with Gasteiger partial charge in [0.1, 0.15) is 5.52 Å². The number of benzene rings is 2. The Labute approximate surface area is 153 Å². The van der Waals surface area contributed by atoms with Gasteiger partial charge < -0.3 is 9.88 Å². The molecule has 4 aromatic rings. The fraction of sp³-hybridized carbons (Fsp3) is 0.105. The minimum Gasteiger partial charge on any atom is -0.348 e. The number of amides is 1. The van der Waals surface area contributed by atoms with Crippen molar-refractivity contribution in [1.82, 2.24) is 19.5 Å². The highest BCUT2D eigenvalue weighted by Crippen LogP contribution is 2.16. The number of rotatable bonds is 3. The van der Waals surface area contributed by atoms with Crippen LogP contribution in [0.2, 0.25) is 5.02 Å². The fourth-order valence-electron chi connectivity index (χ4n) is 2.98. The average Bonchev–Trinajstić information content (AvgIpc) is 3.14. The van der Waals surface area contributed by atoms with Crippen LogP contribution >= 0.6 is 11.6 Å². The van der Waals surface area contributed by atoms with E-state index in [2.05, 4.69) is 10.4 Å². The lowest BCUT2D eigenvalue weighted by Crippen LogP contribution is -2.24. The van der Waals surface area contributed by atoms with E-state index < -0.39 is 0 Å². The van der Waals surface area contributed by atoms with Crippen molar-refractivity contribution in [3.63, 3.8) is 0 Å². The Morgan fingerprint density at radius 2 is 1.96 bits per heavy atom. The maximum absolute atomic E-state index is 12.5. The zero-order valence-electron chi connectivity index (χ0n) is 13.9. The highest BCUT2D eigenvalue weighted by atomic mass is 35.5. The zero-order valence-corrected chi connectivity index (χ0v) is 14.7. The fourth-order valence-corrected chi connectivity index (χ4v) is 3.20. The number of aromatic nitrogens is 3. The molecule has 7 heteroatoms. The van der Waals surface area contributed by atoms with Crippen molar-refractivity contribution in [2.75, 3.05) is 0 Å². The lowest BCUT2D eigenvalue weighted by Gasteiger charge is -2.10. The van der Waals surface area contributed by atoms with Gasteiger partial charge in [0.25, 0.3) is 11.5 Å². The molecule has 26 heavy (non-hydrogen) atoms. The number of aryl methyl sites for hydroxylation is 1. The molecule has 2 aromatic carbocycles. The SMILES string of the molecule is Cn1c(=O)c2ccnn2c2ccc(C(=O)NCc3cccc(Cl)c3)cc21. The summed E-state index contributed by atoms with van der Waals surface area (Å²) >= 11 is 5.96. The van der Waals surface area contributed by atoms with Crippen LogP contribution in [0.4, 0.5) is 0 Å². The van der Waals surface area contributed by atoms with Gasteiger partial charge in [0.2, 0.25) is 0 Å². The molecule has 4 rings (SSSR count). The first-order valence-electron chi connectivity index (χ1n) is 8.04. The van der Waals surface area contributed by atoms with Gasteiger partial charge in [-0.3, -0.25) is 9.59 Å². The van der Waals surface area contributed by atoms with E-state index in [9.17, 15) is 9.59 Å². The Bertz CT molecular complexity index is 1210. The normalized spacial score (nSPS) is 11.2. The number of hydrogen-bond acceptors (Lipinski definition) is 3. The number of halogens is 1. The van der Waals surface area contributed by atoms with E-state index >= 15 is 0 Å². The van der Waals surface area contributed by atoms with Gasteiger partial charge in [-0.1, -0.05) is 23.7 Å². The van der Waals surface area contributed by atoms with Gasteiger partial charge in [-0.2, -0.15) is 5.10 Å². The zero-order chi connectivity index (χ0) is 18.3. The minimum absolute atomic E-state index is 0.161. The molecule has 0 saturated heterocycles. The maximum Gasteiger partial charge on any atom is 0.276 e. The summed E-state index contributed by atoms with van der Waals surface area (Å²) in [6.45, 7) is 0.370. The van der Waals surface area contributed by atoms with Crippen molar-refractivity contribution >= 4 is 34.1 Å². The Morgan fingerprint density at radius 1 is 1.12 bits per heavy atom. The molecule has 0 aliphatic heterocycles. The predicted octanol–water partition coefficient (Wildman–Crippen LogP) is 2.77. The summed E-state index contributed by atoms with van der Waals surface area (Å²) in [7, 11) is 1.69. The van der Waals surface area contributed by atoms with Gasteiger partial charge in [0.15, 0.2) is 0 Å². The van der Waals surface area contributed by atoms with Gasteiger partial charge in [-0.25, -0.2) is 4.52 Å². The minimum atomic E-state index is -0.222. The van der Waals surface area contributed by atoms with Crippen LogP contribution in [0.5, 0.6) is 0 Å². The molecule has 130 valence electrons. The van der Waals surface area contributed by atoms with Crippen molar-refractivity contribution in [2.45, 2.75) is 6.54 Å². The second-order valence-corrected chi connectivity index (χ2v) is 6.44. The van der Waals surface area contributed by atoms with Gasteiger partial charge >= 0.3 is 0 Å². The molecule has 0 radical (unpaired) electrons. The largest absolute Gasteiger partial charge is 0.348 e. The number of carbonyl (C=O) groups excluding carboxylic acids is 1. The second kappa shape index (κ2) is 6.31.